The Morgan fingerprint density at radius 3 is 2.20 bits per heavy atom. The van der Waals surface area contributed by atoms with Gasteiger partial charge in [-0.15, -0.1) is 0 Å². The molecule has 0 bridgehead atoms. The number of esters is 1. The molecule has 0 aromatic heterocycles. The van der Waals surface area contributed by atoms with E-state index in [1.165, 1.54) is 7.11 Å². The Hall–Kier alpha value is -1.89. The van der Waals surface area contributed by atoms with Crippen molar-refractivity contribution in [1.29, 1.82) is 0 Å². The van der Waals surface area contributed by atoms with Crippen LogP contribution >= 0.6 is 19.2 Å². The van der Waals surface area contributed by atoms with Gasteiger partial charge in [-0.1, -0.05) is 41.9 Å². The Labute approximate surface area is 181 Å². The standard InChI is InChI=1S/C21H25ClNO6P/c1-4-27-30(25,28-5-2)20-18(15-11-13-16(22)14-12-15)23(17-9-7-6-8-10-17)29-19(20)21(24)26-3/h6-14,18-20H,4-5H2,1-3H3/t18-,19-,20-/m1/s1. The second-order valence-corrected chi connectivity index (χ2v) is 9.20. The van der Waals surface area contributed by atoms with Crippen molar-refractivity contribution in [3.63, 3.8) is 0 Å². The zero-order valence-corrected chi connectivity index (χ0v) is 18.7. The minimum Gasteiger partial charge on any atom is -0.467 e. The molecule has 2 aromatic rings. The number of methoxy groups -OCH3 is 1. The number of hydroxylamine groups is 1. The van der Waals surface area contributed by atoms with Gasteiger partial charge in [0, 0.05) is 5.02 Å². The number of ether oxygens (including phenoxy) is 1. The molecule has 3 atom stereocenters. The SMILES string of the molecule is CCOP(=O)(OCC)[C@@H]1[C@@H](c2ccc(Cl)cc2)N(c2ccccc2)O[C@H]1C(=O)OC. The van der Waals surface area contributed by atoms with Crippen LogP contribution in [0.4, 0.5) is 5.69 Å². The first kappa shape index (κ1) is 22.8. The average molecular weight is 454 g/mol. The Morgan fingerprint density at radius 1 is 1.07 bits per heavy atom. The molecule has 0 aliphatic carbocycles. The fourth-order valence-electron chi connectivity index (χ4n) is 3.55. The molecule has 7 nitrogen and oxygen atoms in total. The normalized spacial score (nSPS) is 21.6. The molecule has 30 heavy (non-hydrogen) atoms. The van der Waals surface area contributed by atoms with Gasteiger partial charge >= 0.3 is 13.6 Å². The Bertz CT molecular complexity index is 884. The summed E-state index contributed by atoms with van der Waals surface area (Å²) < 4.78 is 30.1. The van der Waals surface area contributed by atoms with E-state index in [2.05, 4.69) is 0 Å². The number of hydrogen-bond donors (Lipinski definition) is 0. The van der Waals surface area contributed by atoms with E-state index in [4.69, 9.17) is 30.2 Å². The van der Waals surface area contributed by atoms with Crippen molar-refractivity contribution in [3.05, 3.63) is 65.2 Å². The third kappa shape index (κ3) is 4.56. The minimum atomic E-state index is -3.78. The lowest BCUT2D eigenvalue weighted by Crippen LogP contribution is -2.35. The predicted octanol–water partition coefficient (Wildman–Crippen LogP) is 5.01. The lowest BCUT2D eigenvalue weighted by molar-refractivity contribution is -0.151. The largest absolute Gasteiger partial charge is 0.467 e. The van der Waals surface area contributed by atoms with E-state index in [9.17, 15) is 9.36 Å². The van der Waals surface area contributed by atoms with Crippen LogP contribution in [0.2, 0.25) is 5.02 Å². The first-order chi connectivity index (χ1) is 14.4. The number of carbonyl (C=O) groups excluding carboxylic acids is 1. The summed E-state index contributed by atoms with van der Waals surface area (Å²) in [6.45, 7) is 3.75. The quantitative estimate of drug-likeness (QED) is 0.411. The molecule has 3 rings (SSSR count). The van der Waals surface area contributed by atoms with Crippen molar-refractivity contribution in [3.8, 4) is 0 Å². The molecule has 162 valence electrons. The molecule has 0 saturated carbocycles. The number of carbonyl (C=O) groups is 1. The van der Waals surface area contributed by atoms with Gasteiger partial charge in [-0.05, 0) is 43.7 Å². The summed E-state index contributed by atoms with van der Waals surface area (Å²) in [5.74, 6) is -0.656. The molecule has 0 spiro atoms. The molecule has 1 heterocycles. The van der Waals surface area contributed by atoms with E-state index in [-0.39, 0.29) is 13.2 Å². The van der Waals surface area contributed by atoms with Crippen molar-refractivity contribution in [2.75, 3.05) is 25.4 Å². The number of nitrogens with zero attached hydrogens (tertiary/aromatic N) is 1. The molecule has 1 aliphatic heterocycles. The fourth-order valence-corrected chi connectivity index (χ4v) is 5.96. The lowest BCUT2D eigenvalue weighted by atomic mass is 10.0. The summed E-state index contributed by atoms with van der Waals surface area (Å²) in [4.78, 5) is 18.7. The van der Waals surface area contributed by atoms with Gasteiger partial charge in [-0.25, -0.2) is 9.86 Å². The number of halogens is 1. The predicted molar refractivity (Wildman–Crippen MR) is 115 cm³/mol. The van der Waals surface area contributed by atoms with Crippen molar-refractivity contribution in [1.82, 2.24) is 0 Å². The van der Waals surface area contributed by atoms with Crippen LogP contribution in [0, 0.1) is 0 Å². The van der Waals surface area contributed by atoms with Crippen LogP contribution in [0.5, 0.6) is 0 Å². The number of benzene rings is 2. The topological polar surface area (TPSA) is 74.3 Å². The van der Waals surface area contributed by atoms with E-state index in [0.29, 0.717) is 10.7 Å². The van der Waals surface area contributed by atoms with Crippen LogP contribution in [-0.2, 0) is 28.0 Å². The second-order valence-electron chi connectivity index (χ2n) is 6.57. The molecule has 0 unspecified atom stereocenters. The van der Waals surface area contributed by atoms with Crippen molar-refractivity contribution >= 4 is 30.9 Å². The van der Waals surface area contributed by atoms with E-state index >= 15 is 0 Å². The molecule has 1 aliphatic rings. The summed E-state index contributed by atoms with van der Waals surface area (Å²) in [5.41, 5.74) is 0.485. The maximum absolute atomic E-state index is 13.9. The number of hydrogen-bond acceptors (Lipinski definition) is 7. The third-order valence-electron chi connectivity index (χ3n) is 4.75. The Morgan fingerprint density at radius 2 is 1.67 bits per heavy atom. The van der Waals surface area contributed by atoms with E-state index in [1.54, 1.807) is 43.2 Å². The first-order valence-corrected chi connectivity index (χ1v) is 11.7. The second kappa shape index (κ2) is 9.94. The van der Waals surface area contributed by atoms with Crippen LogP contribution in [-0.4, -0.2) is 38.1 Å². The first-order valence-electron chi connectivity index (χ1n) is 9.68. The van der Waals surface area contributed by atoms with Crippen LogP contribution < -0.4 is 5.06 Å². The summed E-state index contributed by atoms with van der Waals surface area (Å²) in [6.07, 6.45) is -1.18. The van der Waals surface area contributed by atoms with Crippen LogP contribution in [0.3, 0.4) is 0 Å². The van der Waals surface area contributed by atoms with E-state index in [0.717, 1.165) is 5.56 Å². The molecular weight excluding hydrogens is 429 g/mol. The van der Waals surface area contributed by atoms with Gasteiger partial charge in [0.05, 0.1) is 32.1 Å². The summed E-state index contributed by atoms with van der Waals surface area (Å²) >= 11 is 6.08. The van der Waals surface area contributed by atoms with Gasteiger partial charge < -0.3 is 13.8 Å². The highest BCUT2D eigenvalue weighted by Gasteiger charge is 2.58. The summed E-state index contributed by atoms with van der Waals surface area (Å²) in [5, 5.41) is 2.13. The van der Waals surface area contributed by atoms with Gasteiger partial charge in [0.25, 0.3) is 0 Å². The highest BCUT2D eigenvalue weighted by atomic mass is 35.5. The summed E-state index contributed by atoms with van der Waals surface area (Å²) in [7, 11) is -2.52. The Balaban J connectivity index is 2.19. The van der Waals surface area contributed by atoms with Crippen LogP contribution in [0.25, 0.3) is 0 Å². The molecule has 0 radical (unpaired) electrons. The van der Waals surface area contributed by atoms with Gasteiger partial charge in [-0.3, -0.25) is 9.40 Å². The number of para-hydroxylation sites is 1. The average Bonchev–Trinajstić information content (AvgIpc) is 3.16. The highest BCUT2D eigenvalue weighted by molar-refractivity contribution is 7.54. The van der Waals surface area contributed by atoms with Crippen molar-refractivity contribution < 1.29 is 28.0 Å². The fraction of sp³-hybridized carbons (Fsp3) is 0.381. The molecule has 1 saturated heterocycles. The number of anilines is 1. The zero-order valence-electron chi connectivity index (χ0n) is 17.1. The maximum Gasteiger partial charge on any atom is 0.339 e. The van der Waals surface area contributed by atoms with Gasteiger partial charge in [0.1, 0.15) is 5.66 Å². The zero-order chi connectivity index (χ0) is 21.7. The monoisotopic (exact) mass is 453 g/mol. The molecule has 0 amide bonds. The minimum absolute atomic E-state index is 0.153. The van der Waals surface area contributed by atoms with Gasteiger partial charge in [-0.2, -0.15) is 0 Å². The molecule has 2 aromatic carbocycles. The molecular formula is C21H25ClNO6P. The lowest BCUT2D eigenvalue weighted by Gasteiger charge is -2.31. The summed E-state index contributed by atoms with van der Waals surface area (Å²) in [6, 6.07) is 15.7. The van der Waals surface area contributed by atoms with Crippen molar-refractivity contribution in [2.24, 2.45) is 0 Å². The van der Waals surface area contributed by atoms with Crippen molar-refractivity contribution in [2.45, 2.75) is 31.7 Å². The molecule has 0 N–H and O–H groups in total. The van der Waals surface area contributed by atoms with E-state index in [1.807, 2.05) is 30.3 Å². The maximum atomic E-state index is 13.9. The van der Waals surface area contributed by atoms with E-state index < -0.39 is 31.4 Å². The van der Waals surface area contributed by atoms with Gasteiger partial charge in [0.15, 0.2) is 6.10 Å². The highest BCUT2D eigenvalue weighted by Crippen LogP contribution is 2.62. The number of rotatable bonds is 8. The molecule has 9 heteroatoms. The third-order valence-corrected chi connectivity index (χ3v) is 7.52. The van der Waals surface area contributed by atoms with Crippen LogP contribution in [0.15, 0.2) is 54.6 Å². The van der Waals surface area contributed by atoms with Crippen LogP contribution in [0.1, 0.15) is 25.5 Å². The smallest absolute Gasteiger partial charge is 0.339 e. The van der Waals surface area contributed by atoms with Gasteiger partial charge in [0.2, 0.25) is 0 Å². The Kier molecular flexibility index (Phi) is 7.55. The molecule has 1 fully saturated rings.